The fraction of sp³-hybridized carbons (Fsp3) is 0.250. The molecule has 180 valence electrons. The Balaban J connectivity index is 1.28. The van der Waals surface area contributed by atoms with Gasteiger partial charge in [-0.3, -0.25) is 9.59 Å². The zero-order valence-electron chi connectivity index (χ0n) is 19.4. The molecule has 2 amide bonds. The number of rotatable bonds is 10. The van der Waals surface area contributed by atoms with Crippen LogP contribution in [0.25, 0.3) is 11.1 Å². The zero-order valence-corrected chi connectivity index (χ0v) is 19.4. The molecule has 0 heterocycles. The molecule has 0 fully saturated rings. The van der Waals surface area contributed by atoms with Crippen LogP contribution in [0.4, 0.5) is 4.79 Å². The number of fused-ring (bicyclic) bond motifs is 3. The lowest BCUT2D eigenvalue weighted by Gasteiger charge is -2.22. The number of aliphatic carboxylic acids is 1. The highest BCUT2D eigenvalue weighted by molar-refractivity contribution is 5.79. The maximum Gasteiger partial charge on any atom is 0.407 e. The molecule has 0 atom stereocenters. The Bertz CT molecular complexity index is 1150. The number of hydrogen-bond acceptors (Lipinski definition) is 4. The summed E-state index contributed by atoms with van der Waals surface area (Å²) in [6.07, 6.45) is -0.672. The maximum absolute atomic E-state index is 12.7. The molecule has 0 bridgehead atoms. The number of nitrogens with one attached hydrogen (secondary N) is 1. The third-order valence-corrected chi connectivity index (χ3v) is 6.12. The standard InChI is InChI=1S/C28H28N2O5/c31-26(30(17-15-27(32)33)18-20-8-2-1-3-9-20)14-16-29-28(34)35-19-25-23-12-6-4-10-21(23)22-11-5-7-13-24(22)25/h1-13,25H,14-19H2,(H,29,34)(H,32,33). The van der Waals surface area contributed by atoms with Crippen LogP contribution in [0.5, 0.6) is 0 Å². The lowest BCUT2D eigenvalue weighted by atomic mass is 9.98. The molecule has 0 aliphatic heterocycles. The number of alkyl carbamates (subject to hydrolysis) is 1. The molecule has 35 heavy (non-hydrogen) atoms. The highest BCUT2D eigenvalue weighted by Crippen LogP contribution is 2.44. The van der Waals surface area contributed by atoms with Gasteiger partial charge in [-0.15, -0.1) is 0 Å². The van der Waals surface area contributed by atoms with Crippen LogP contribution >= 0.6 is 0 Å². The number of carboxylic acids is 1. The average Bonchev–Trinajstić information content (AvgIpc) is 3.19. The van der Waals surface area contributed by atoms with E-state index in [1.807, 2.05) is 54.6 Å². The average molecular weight is 473 g/mol. The molecule has 3 aromatic carbocycles. The molecule has 3 aromatic rings. The minimum atomic E-state index is -0.965. The van der Waals surface area contributed by atoms with Gasteiger partial charge in [0.15, 0.2) is 0 Å². The number of benzene rings is 3. The maximum atomic E-state index is 12.7. The Morgan fingerprint density at radius 2 is 1.43 bits per heavy atom. The van der Waals surface area contributed by atoms with Gasteiger partial charge in [0, 0.05) is 32.0 Å². The molecule has 0 saturated heterocycles. The van der Waals surface area contributed by atoms with Gasteiger partial charge < -0.3 is 20.1 Å². The molecule has 2 N–H and O–H groups in total. The fourth-order valence-corrected chi connectivity index (χ4v) is 4.41. The molecule has 1 aliphatic rings. The summed E-state index contributed by atoms with van der Waals surface area (Å²) in [7, 11) is 0. The fourth-order valence-electron chi connectivity index (χ4n) is 4.41. The summed E-state index contributed by atoms with van der Waals surface area (Å²) in [6, 6.07) is 25.6. The second kappa shape index (κ2) is 11.3. The summed E-state index contributed by atoms with van der Waals surface area (Å²) in [5, 5.41) is 11.7. The summed E-state index contributed by atoms with van der Waals surface area (Å²) in [5.41, 5.74) is 5.49. The molecular weight excluding hydrogens is 444 g/mol. The van der Waals surface area contributed by atoms with Gasteiger partial charge in [-0.1, -0.05) is 78.9 Å². The Morgan fingerprint density at radius 3 is 2.06 bits per heavy atom. The minimum Gasteiger partial charge on any atom is -0.481 e. The molecular formula is C28H28N2O5. The lowest BCUT2D eigenvalue weighted by Crippen LogP contribution is -2.36. The van der Waals surface area contributed by atoms with Crippen molar-refractivity contribution in [3.63, 3.8) is 0 Å². The van der Waals surface area contributed by atoms with E-state index in [4.69, 9.17) is 9.84 Å². The van der Waals surface area contributed by atoms with Crippen LogP contribution in [0.15, 0.2) is 78.9 Å². The summed E-state index contributed by atoms with van der Waals surface area (Å²) in [4.78, 5) is 37.6. The van der Waals surface area contributed by atoms with Crippen LogP contribution in [0.3, 0.4) is 0 Å². The van der Waals surface area contributed by atoms with Gasteiger partial charge >= 0.3 is 12.1 Å². The molecule has 0 spiro atoms. The van der Waals surface area contributed by atoms with Crippen LogP contribution < -0.4 is 5.32 Å². The summed E-state index contributed by atoms with van der Waals surface area (Å²) in [5.74, 6) is -1.23. The second-order valence-corrected chi connectivity index (χ2v) is 8.45. The van der Waals surface area contributed by atoms with Crippen molar-refractivity contribution in [1.29, 1.82) is 0 Å². The second-order valence-electron chi connectivity index (χ2n) is 8.45. The van der Waals surface area contributed by atoms with Crippen molar-refractivity contribution in [1.82, 2.24) is 10.2 Å². The van der Waals surface area contributed by atoms with Crippen molar-refractivity contribution in [2.75, 3.05) is 19.7 Å². The Labute approximate surface area is 204 Å². The monoisotopic (exact) mass is 472 g/mol. The Morgan fingerprint density at radius 1 is 0.829 bits per heavy atom. The van der Waals surface area contributed by atoms with E-state index in [1.165, 1.54) is 4.90 Å². The van der Waals surface area contributed by atoms with Crippen molar-refractivity contribution < 1.29 is 24.2 Å². The van der Waals surface area contributed by atoms with Crippen molar-refractivity contribution in [2.24, 2.45) is 0 Å². The Hall–Kier alpha value is -4.13. The normalized spacial score (nSPS) is 11.9. The number of carbonyl (C=O) groups is 3. The van der Waals surface area contributed by atoms with Crippen LogP contribution in [-0.2, 0) is 20.9 Å². The van der Waals surface area contributed by atoms with Gasteiger partial charge in [-0.25, -0.2) is 4.79 Å². The third kappa shape index (κ3) is 6.06. The molecule has 0 aromatic heterocycles. The van der Waals surface area contributed by atoms with E-state index in [2.05, 4.69) is 29.6 Å². The van der Waals surface area contributed by atoms with E-state index in [0.29, 0.717) is 6.54 Å². The highest BCUT2D eigenvalue weighted by Gasteiger charge is 2.29. The van der Waals surface area contributed by atoms with Crippen LogP contribution in [0, 0.1) is 0 Å². The van der Waals surface area contributed by atoms with E-state index in [-0.39, 0.29) is 44.4 Å². The first-order valence-corrected chi connectivity index (χ1v) is 11.7. The van der Waals surface area contributed by atoms with E-state index in [1.54, 1.807) is 0 Å². The van der Waals surface area contributed by atoms with Gasteiger partial charge in [0.05, 0.1) is 6.42 Å². The minimum absolute atomic E-state index is 0.0350. The number of nitrogens with zero attached hydrogens (tertiary/aromatic N) is 1. The topological polar surface area (TPSA) is 95.9 Å². The van der Waals surface area contributed by atoms with Crippen molar-refractivity contribution in [3.05, 3.63) is 95.6 Å². The molecule has 0 saturated carbocycles. The molecule has 4 rings (SSSR count). The number of carboxylic acid groups (broad SMARTS) is 1. The van der Waals surface area contributed by atoms with Gasteiger partial charge in [-0.2, -0.15) is 0 Å². The third-order valence-electron chi connectivity index (χ3n) is 6.12. The number of amides is 2. The predicted molar refractivity (Wildman–Crippen MR) is 132 cm³/mol. The highest BCUT2D eigenvalue weighted by atomic mass is 16.5. The molecule has 7 heteroatoms. The van der Waals surface area contributed by atoms with E-state index in [9.17, 15) is 14.4 Å². The summed E-state index contributed by atoms with van der Waals surface area (Å²) in [6.45, 7) is 0.728. The van der Waals surface area contributed by atoms with Gasteiger partial charge in [0.2, 0.25) is 5.91 Å². The summed E-state index contributed by atoms with van der Waals surface area (Å²) >= 11 is 0. The molecule has 0 unspecified atom stereocenters. The largest absolute Gasteiger partial charge is 0.481 e. The number of ether oxygens (including phenoxy) is 1. The zero-order chi connectivity index (χ0) is 24.6. The van der Waals surface area contributed by atoms with Crippen LogP contribution in [0.2, 0.25) is 0 Å². The Kier molecular flexibility index (Phi) is 7.77. The van der Waals surface area contributed by atoms with E-state index >= 15 is 0 Å². The lowest BCUT2D eigenvalue weighted by molar-refractivity contribution is -0.138. The van der Waals surface area contributed by atoms with Crippen LogP contribution in [0.1, 0.15) is 35.4 Å². The predicted octanol–water partition coefficient (Wildman–Crippen LogP) is 4.42. The van der Waals surface area contributed by atoms with Crippen LogP contribution in [-0.4, -0.2) is 47.7 Å². The number of carbonyl (C=O) groups excluding carboxylic acids is 2. The van der Waals surface area contributed by atoms with E-state index in [0.717, 1.165) is 27.8 Å². The van der Waals surface area contributed by atoms with Gasteiger partial charge in [-0.05, 0) is 27.8 Å². The van der Waals surface area contributed by atoms with E-state index < -0.39 is 12.1 Å². The van der Waals surface area contributed by atoms with Crippen molar-refractivity contribution in [2.45, 2.75) is 25.3 Å². The smallest absolute Gasteiger partial charge is 0.407 e. The first kappa shape index (κ1) is 24.0. The SMILES string of the molecule is O=C(O)CCN(Cc1ccccc1)C(=O)CCNC(=O)OCC1c2ccccc2-c2ccccc21. The molecule has 1 aliphatic carbocycles. The van der Waals surface area contributed by atoms with Gasteiger partial charge in [0.25, 0.3) is 0 Å². The number of hydrogen-bond donors (Lipinski definition) is 2. The quantitative estimate of drug-likeness (QED) is 0.455. The van der Waals surface area contributed by atoms with Crippen molar-refractivity contribution in [3.8, 4) is 11.1 Å². The first-order valence-electron chi connectivity index (χ1n) is 11.7. The van der Waals surface area contributed by atoms with Crippen molar-refractivity contribution >= 4 is 18.0 Å². The summed E-state index contributed by atoms with van der Waals surface area (Å²) < 4.78 is 5.50. The van der Waals surface area contributed by atoms with Gasteiger partial charge in [0.1, 0.15) is 6.61 Å². The molecule has 0 radical (unpaired) electrons. The first-order chi connectivity index (χ1) is 17.0. The molecule has 7 nitrogen and oxygen atoms in total.